The van der Waals surface area contributed by atoms with E-state index in [2.05, 4.69) is 5.32 Å². The van der Waals surface area contributed by atoms with E-state index in [4.69, 9.17) is 0 Å². The van der Waals surface area contributed by atoms with Crippen molar-refractivity contribution < 1.29 is 17.6 Å². The minimum atomic E-state index is -3.61. The Morgan fingerprint density at radius 3 is 2.67 bits per heavy atom. The van der Waals surface area contributed by atoms with Crippen molar-refractivity contribution in [3.05, 3.63) is 53.6 Å². The maximum Gasteiger partial charge on any atom is 0.268 e. The van der Waals surface area contributed by atoms with Crippen LogP contribution < -0.4 is 5.32 Å². The van der Waals surface area contributed by atoms with Crippen LogP contribution in [0.25, 0.3) is 0 Å². The molecule has 1 N–H and O–H groups in total. The van der Waals surface area contributed by atoms with Crippen molar-refractivity contribution in [2.75, 3.05) is 13.1 Å². The summed E-state index contributed by atoms with van der Waals surface area (Å²) in [6.45, 7) is 3.29. The van der Waals surface area contributed by atoms with Gasteiger partial charge in [-0.3, -0.25) is 4.79 Å². The van der Waals surface area contributed by atoms with Crippen LogP contribution in [0.4, 0.5) is 4.39 Å². The number of carbonyl (C=O) groups excluding carboxylic acids is 1. The largest absolute Gasteiger partial charge is 0.347 e. The number of hydrogen-bond acceptors (Lipinski definition) is 3. The highest BCUT2D eigenvalue weighted by atomic mass is 32.2. The number of aromatic nitrogens is 1. The number of carbonyl (C=O) groups is 1. The van der Waals surface area contributed by atoms with E-state index in [9.17, 15) is 17.6 Å². The molecule has 1 aliphatic rings. The predicted octanol–water partition coefficient (Wildman–Crippen LogP) is 2.51. The van der Waals surface area contributed by atoms with Gasteiger partial charge < -0.3 is 9.88 Å². The molecule has 27 heavy (non-hydrogen) atoms. The average molecular weight is 393 g/mol. The molecule has 8 heteroatoms. The minimum absolute atomic E-state index is 0.131. The topological polar surface area (TPSA) is 71.4 Å². The lowest BCUT2D eigenvalue weighted by Crippen LogP contribution is -2.38. The third-order valence-electron chi connectivity index (χ3n) is 4.84. The third kappa shape index (κ3) is 4.39. The number of nitrogens with one attached hydrogen (secondary N) is 1. The summed E-state index contributed by atoms with van der Waals surface area (Å²) in [7, 11) is -1.97. The maximum atomic E-state index is 12.9. The van der Waals surface area contributed by atoms with Gasteiger partial charge in [0, 0.05) is 32.9 Å². The molecule has 1 amide bonds. The van der Waals surface area contributed by atoms with Gasteiger partial charge in [0.1, 0.15) is 16.4 Å². The second-order valence-electron chi connectivity index (χ2n) is 7.09. The third-order valence-corrected chi connectivity index (χ3v) is 6.67. The van der Waals surface area contributed by atoms with Crippen LogP contribution in [-0.4, -0.2) is 36.3 Å². The molecule has 2 aromatic rings. The number of hydrogen-bond donors (Lipinski definition) is 1. The van der Waals surface area contributed by atoms with E-state index in [-0.39, 0.29) is 28.9 Å². The van der Waals surface area contributed by atoms with Crippen LogP contribution in [0.1, 0.15) is 35.8 Å². The van der Waals surface area contributed by atoms with E-state index >= 15 is 0 Å². The normalized spacial score (nSPS) is 18.4. The van der Waals surface area contributed by atoms with Crippen LogP contribution in [0, 0.1) is 11.7 Å². The molecule has 0 bridgehead atoms. The van der Waals surface area contributed by atoms with E-state index in [1.807, 2.05) is 6.92 Å². The molecule has 146 valence electrons. The molecule has 1 saturated heterocycles. The number of sulfonamides is 1. The van der Waals surface area contributed by atoms with Gasteiger partial charge in [0.2, 0.25) is 10.0 Å². The number of benzene rings is 1. The molecular formula is C19H24FN3O3S. The van der Waals surface area contributed by atoms with Gasteiger partial charge >= 0.3 is 0 Å². The van der Waals surface area contributed by atoms with Crippen LogP contribution in [0.5, 0.6) is 0 Å². The second kappa shape index (κ2) is 7.82. The summed E-state index contributed by atoms with van der Waals surface area (Å²) in [5, 5.41) is 2.74. The summed E-state index contributed by atoms with van der Waals surface area (Å²) in [5.41, 5.74) is 1.02. The number of amides is 1. The molecule has 1 fully saturated rings. The Morgan fingerprint density at radius 2 is 2.00 bits per heavy atom. The van der Waals surface area contributed by atoms with E-state index in [0.717, 1.165) is 18.4 Å². The molecule has 0 radical (unpaired) electrons. The van der Waals surface area contributed by atoms with Gasteiger partial charge in [-0.15, -0.1) is 0 Å². The summed E-state index contributed by atoms with van der Waals surface area (Å²) in [4.78, 5) is 12.6. The van der Waals surface area contributed by atoms with E-state index < -0.39 is 10.0 Å². The maximum absolute atomic E-state index is 12.9. The zero-order valence-electron chi connectivity index (χ0n) is 15.5. The Kier molecular flexibility index (Phi) is 5.67. The van der Waals surface area contributed by atoms with Crippen LogP contribution in [0.15, 0.2) is 41.4 Å². The second-order valence-corrected chi connectivity index (χ2v) is 9.03. The smallest absolute Gasteiger partial charge is 0.268 e. The van der Waals surface area contributed by atoms with Gasteiger partial charge in [-0.2, -0.15) is 4.31 Å². The van der Waals surface area contributed by atoms with Gasteiger partial charge in [-0.25, -0.2) is 12.8 Å². The number of halogens is 1. The molecule has 1 aromatic carbocycles. The zero-order chi connectivity index (χ0) is 19.6. The average Bonchev–Trinajstić information content (AvgIpc) is 3.03. The Balaban J connectivity index is 1.73. The zero-order valence-corrected chi connectivity index (χ0v) is 16.3. The molecular weight excluding hydrogens is 369 g/mol. The fourth-order valence-corrected chi connectivity index (χ4v) is 4.96. The van der Waals surface area contributed by atoms with Crippen molar-refractivity contribution in [2.24, 2.45) is 13.0 Å². The minimum Gasteiger partial charge on any atom is -0.347 e. The highest BCUT2D eigenvalue weighted by Crippen LogP contribution is 2.24. The van der Waals surface area contributed by atoms with E-state index in [1.165, 1.54) is 33.3 Å². The molecule has 1 atom stereocenters. The highest BCUT2D eigenvalue weighted by molar-refractivity contribution is 7.89. The predicted molar refractivity (Wildman–Crippen MR) is 100 cm³/mol. The monoisotopic (exact) mass is 393 g/mol. The van der Waals surface area contributed by atoms with Crippen LogP contribution in [0.2, 0.25) is 0 Å². The Bertz CT molecular complexity index is 922. The van der Waals surface area contributed by atoms with Crippen LogP contribution >= 0.6 is 0 Å². The van der Waals surface area contributed by atoms with Gasteiger partial charge in [-0.05, 0) is 42.5 Å². The first kappa shape index (κ1) is 19.6. The van der Waals surface area contributed by atoms with Crippen molar-refractivity contribution in [3.8, 4) is 0 Å². The summed E-state index contributed by atoms with van der Waals surface area (Å²) in [6.07, 6.45) is 3.34. The lowest BCUT2D eigenvalue weighted by molar-refractivity contribution is 0.0942. The van der Waals surface area contributed by atoms with E-state index in [0.29, 0.717) is 19.0 Å². The summed E-state index contributed by atoms with van der Waals surface area (Å²) in [5.74, 6) is -0.389. The Labute approximate surface area is 159 Å². The van der Waals surface area contributed by atoms with Crippen molar-refractivity contribution >= 4 is 15.9 Å². The summed E-state index contributed by atoms with van der Waals surface area (Å²) >= 11 is 0. The summed E-state index contributed by atoms with van der Waals surface area (Å²) < 4.78 is 41.7. The fraction of sp³-hybridized carbons (Fsp3) is 0.421. The number of rotatable bonds is 5. The molecule has 1 aromatic heterocycles. The molecule has 2 heterocycles. The van der Waals surface area contributed by atoms with Crippen molar-refractivity contribution in [1.29, 1.82) is 0 Å². The fourth-order valence-electron chi connectivity index (χ4n) is 3.29. The van der Waals surface area contributed by atoms with Gasteiger partial charge in [0.15, 0.2) is 0 Å². The lowest BCUT2D eigenvalue weighted by Gasteiger charge is -2.29. The lowest BCUT2D eigenvalue weighted by atomic mass is 10.0. The first-order chi connectivity index (χ1) is 12.8. The van der Waals surface area contributed by atoms with E-state index in [1.54, 1.807) is 19.2 Å². The van der Waals surface area contributed by atoms with Crippen molar-refractivity contribution in [3.63, 3.8) is 0 Å². The van der Waals surface area contributed by atoms with Crippen molar-refractivity contribution in [1.82, 2.24) is 14.2 Å². The van der Waals surface area contributed by atoms with Crippen LogP contribution in [0.3, 0.4) is 0 Å². The Morgan fingerprint density at radius 1 is 1.30 bits per heavy atom. The molecule has 0 saturated carbocycles. The molecule has 1 aliphatic heterocycles. The Hall–Kier alpha value is -2.19. The van der Waals surface area contributed by atoms with Crippen molar-refractivity contribution in [2.45, 2.75) is 31.2 Å². The first-order valence-electron chi connectivity index (χ1n) is 8.96. The molecule has 0 spiro atoms. The van der Waals surface area contributed by atoms with Gasteiger partial charge in [0.25, 0.3) is 5.91 Å². The summed E-state index contributed by atoms with van der Waals surface area (Å²) in [6, 6.07) is 7.25. The van der Waals surface area contributed by atoms with Gasteiger partial charge in [-0.1, -0.05) is 19.1 Å². The number of aryl methyl sites for hydroxylation is 1. The standard InChI is InChI=1S/C19H24FN3O3S/c1-14-4-3-9-23(12-14)27(25,26)17-10-18(22(2)13-17)19(24)21-11-15-5-7-16(20)8-6-15/h5-8,10,13-14H,3-4,9,11-12H2,1-2H3,(H,21,24). The number of nitrogens with zero attached hydrogens (tertiary/aromatic N) is 2. The quantitative estimate of drug-likeness (QED) is 0.849. The molecule has 1 unspecified atom stereocenters. The van der Waals surface area contributed by atoms with Gasteiger partial charge in [0.05, 0.1) is 0 Å². The molecule has 3 rings (SSSR count). The number of piperidine rings is 1. The molecule has 0 aliphatic carbocycles. The SMILES string of the molecule is CC1CCCN(S(=O)(=O)c2cc(C(=O)NCc3ccc(F)cc3)n(C)c2)C1. The first-order valence-corrected chi connectivity index (χ1v) is 10.4. The van der Waals surface area contributed by atoms with Crippen LogP contribution in [-0.2, 0) is 23.6 Å². The highest BCUT2D eigenvalue weighted by Gasteiger charge is 2.30. The molecule has 6 nitrogen and oxygen atoms in total.